The summed E-state index contributed by atoms with van der Waals surface area (Å²) in [6.45, 7) is 2.32. The van der Waals surface area contributed by atoms with Gasteiger partial charge < -0.3 is 10.3 Å². The molecule has 1 aromatic carbocycles. The number of halogens is 1. The molecule has 2 N–H and O–H groups in total. The SMILES string of the molecule is Cc1cnc2ccc(Cc3ccnc(C(=O)NCc4cnc5[nH]cc(Cl)c5c4)n3)cc2c1. The topological polar surface area (TPSA) is 96.5 Å². The summed E-state index contributed by atoms with van der Waals surface area (Å²) in [4.78, 5) is 32.9. The van der Waals surface area contributed by atoms with Crippen molar-refractivity contribution < 1.29 is 4.79 Å². The average molecular weight is 443 g/mol. The Bertz CT molecular complexity index is 1460. The molecule has 0 spiro atoms. The maximum Gasteiger partial charge on any atom is 0.289 e. The smallest absolute Gasteiger partial charge is 0.289 e. The van der Waals surface area contributed by atoms with Crippen LogP contribution in [0.5, 0.6) is 0 Å². The van der Waals surface area contributed by atoms with Crippen molar-refractivity contribution in [2.24, 2.45) is 0 Å². The number of hydrogen-bond donors (Lipinski definition) is 2. The minimum absolute atomic E-state index is 0.134. The number of carbonyl (C=O) groups is 1. The van der Waals surface area contributed by atoms with E-state index >= 15 is 0 Å². The molecule has 4 aromatic heterocycles. The summed E-state index contributed by atoms with van der Waals surface area (Å²) in [7, 11) is 0. The standard InChI is InChI=1S/C24H19ClN6O/c1-14-6-17-7-15(2-3-21(17)27-10-14)8-18-4-5-26-23(31-18)24(32)30-12-16-9-19-20(25)13-29-22(19)28-11-16/h2-7,9-11,13H,8,12H2,1H3,(H,28,29)(H,30,32). The second kappa shape index (κ2) is 8.36. The summed E-state index contributed by atoms with van der Waals surface area (Å²) >= 11 is 6.14. The van der Waals surface area contributed by atoms with Crippen LogP contribution in [0, 0.1) is 6.92 Å². The fourth-order valence-corrected chi connectivity index (χ4v) is 3.79. The van der Waals surface area contributed by atoms with Gasteiger partial charge in [-0.3, -0.25) is 9.78 Å². The van der Waals surface area contributed by atoms with E-state index in [4.69, 9.17) is 11.6 Å². The van der Waals surface area contributed by atoms with Gasteiger partial charge in [0, 0.05) is 54.2 Å². The Hall–Kier alpha value is -3.84. The van der Waals surface area contributed by atoms with E-state index in [-0.39, 0.29) is 11.7 Å². The maximum absolute atomic E-state index is 12.6. The number of amides is 1. The Kier molecular flexibility index (Phi) is 5.25. The maximum atomic E-state index is 12.6. The summed E-state index contributed by atoms with van der Waals surface area (Å²) in [5.41, 5.74) is 5.48. The fourth-order valence-electron chi connectivity index (χ4n) is 3.59. The van der Waals surface area contributed by atoms with Crippen molar-refractivity contribution in [2.45, 2.75) is 19.9 Å². The summed E-state index contributed by atoms with van der Waals surface area (Å²) in [6, 6.07) is 12.0. The van der Waals surface area contributed by atoms with Crippen LogP contribution in [0.3, 0.4) is 0 Å². The van der Waals surface area contributed by atoms with E-state index in [0.29, 0.717) is 23.6 Å². The van der Waals surface area contributed by atoms with Crippen molar-refractivity contribution in [1.29, 1.82) is 0 Å². The molecule has 0 fully saturated rings. The molecule has 0 atom stereocenters. The van der Waals surface area contributed by atoms with E-state index in [0.717, 1.165) is 38.7 Å². The van der Waals surface area contributed by atoms with Crippen LogP contribution in [0.25, 0.3) is 21.9 Å². The third kappa shape index (κ3) is 4.15. The van der Waals surface area contributed by atoms with Crippen LogP contribution in [0.4, 0.5) is 0 Å². The first kappa shape index (κ1) is 20.1. The lowest BCUT2D eigenvalue weighted by atomic mass is 10.1. The molecule has 0 saturated heterocycles. The number of benzene rings is 1. The lowest BCUT2D eigenvalue weighted by Crippen LogP contribution is -2.25. The minimum Gasteiger partial charge on any atom is -0.345 e. The van der Waals surface area contributed by atoms with E-state index in [2.05, 4.69) is 42.4 Å². The molecule has 0 aliphatic heterocycles. The number of nitrogens with zero attached hydrogens (tertiary/aromatic N) is 4. The zero-order valence-electron chi connectivity index (χ0n) is 17.3. The molecule has 5 rings (SSSR count). The molecule has 158 valence electrons. The molecule has 5 aromatic rings. The van der Waals surface area contributed by atoms with E-state index in [1.807, 2.05) is 37.4 Å². The highest BCUT2D eigenvalue weighted by molar-refractivity contribution is 6.35. The number of hydrogen-bond acceptors (Lipinski definition) is 5. The highest BCUT2D eigenvalue weighted by Gasteiger charge is 2.11. The van der Waals surface area contributed by atoms with E-state index in [9.17, 15) is 4.79 Å². The highest BCUT2D eigenvalue weighted by atomic mass is 35.5. The molecule has 0 radical (unpaired) electrons. The zero-order chi connectivity index (χ0) is 22.1. The summed E-state index contributed by atoms with van der Waals surface area (Å²) in [6.07, 6.45) is 7.45. The van der Waals surface area contributed by atoms with Gasteiger partial charge in [0.25, 0.3) is 5.91 Å². The molecular formula is C24H19ClN6O. The van der Waals surface area contributed by atoms with Gasteiger partial charge in [-0.15, -0.1) is 0 Å². The zero-order valence-corrected chi connectivity index (χ0v) is 18.0. The number of aryl methyl sites for hydroxylation is 1. The molecule has 0 saturated carbocycles. The van der Waals surface area contributed by atoms with Gasteiger partial charge in [-0.2, -0.15) is 0 Å². The summed E-state index contributed by atoms with van der Waals surface area (Å²) in [5.74, 6) is -0.208. The molecule has 32 heavy (non-hydrogen) atoms. The third-order valence-corrected chi connectivity index (χ3v) is 5.49. The molecule has 7 nitrogen and oxygen atoms in total. The summed E-state index contributed by atoms with van der Waals surface area (Å²) < 4.78 is 0. The van der Waals surface area contributed by atoms with Crippen LogP contribution in [-0.2, 0) is 13.0 Å². The Labute approximate surface area is 188 Å². The minimum atomic E-state index is -0.342. The van der Waals surface area contributed by atoms with E-state index < -0.39 is 0 Å². The molecule has 4 heterocycles. The Morgan fingerprint density at radius 2 is 1.97 bits per heavy atom. The number of aromatic amines is 1. The van der Waals surface area contributed by atoms with Gasteiger partial charge in [-0.25, -0.2) is 15.0 Å². The van der Waals surface area contributed by atoms with Crippen LogP contribution < -0.4 is 5.32 Å². The molecule has 0 bridgehead atoms. The van der Waals surface area contributed by atoms with E-state index in [1.54, 1.807) is 18.6 Å². The van der Waals surface area contributed by atoms with Crippen LogP contribution in [0.2, 0.25) is 5.02 Å². The number of nitrogens with one attached hydrogen (secondary N) is 2. The Morgan fingerprint density at radius 1 is 1.06 bits per heavy atom. The molecule has 1 amide bonds. The monoisotopic (exact) mass is 442 g/mol. The highest BCUT2D eigenvalue weighted by Crippen LogP contribution is 2.22. The Balaban J connectivity index is 1.29. The van der Waals surface area contributed by atoms with Crippen molar-refractivity contribution >= 4 is 39.4 Å². The molecule has 0 aliphatic rings. The third-order valence-electron chi connectivity index (χ3n) is 5.17. The van der Waals surface area contributed by atoms with Gasteiger partial charge in [0.15, 0.2) is 0 Å². The predicted octanol–water partition coefficient (Wildman–Crippen LogP) is 4.38. The van der Waals surface area contributed by atoms with Crippen LogP contribution in [0.15, 0.2) is 61.2 Å². The Morgan fingerprint density at radius 3 is 2.88 bits per heavy atom. The number of aromatic nitrogens is 5. The van der Waals surface area contributed by atoms with Crippen molar-refractivity contribution in [2.75, 3.05) is 0 Å². The van der Waals surface area contributed by atoms with Gasteiger partial charge in [-0.1, -0.05) is 17.7 Å². The normalized spacial score (nSPS) is 11.2. The second-order valence-electron chi connectivity index (χ2n) is 7.65. The number of rotatable bonds is 5. The van der Waals surface area contributed by atoms with Crippen molar-refractivity contribution in [3.63, 3.8) is 0 Å². The molecule has 0 unspecified atom stereocenters. The number of pyridine rings is 2. The van der Waals surface area contributed by atoms with E-state index in [1.165, 1.54) is 0 Å². The molecule has 0 aliphatic carbocycles. The molecule has 8 heteroatoms. The fraction of sp³-hybridized carbons (Fsp3) is 0.125. The van der Waals surface area contributed by atoms with Gasteiger partial charge in [-0.05, 0) is 53.9 Å². The predicted molar refractivity (Wildman–Crippen MR) is 124 cm³/mol. The van der Waals surface area contributed by atoms with Gasteiger partial charge in [0.05, 0.1) is 10.5 Å². The first-order valence-corrected chi connectivity index (χ1v) is 10.5. The average Bonchev–Trinajstić information content (AvgIpc) is 3.17. The number of H-pyrrole nitrogens is 1. The van der Waals surface area contributed by atoms with Crippen LogP contribution in [-0.4, -0.2) is 30.8 Å². The first-order valence-electron chi connectivity index (χ1n) is 10.1. The number of carbonyl (C=O) groups excluding carboxylic acids is 1. The quantitative estimate of drug-likeness (QED) is 0.421. The van der Waals surface area contributed by atoms with Crippen molar-refractivity contribution in [3.8, 4) is 0 Å². The first-order chi connectivity index (χ1) is 15.5. The van der Waals surface area contributed by atoms with Crippen LogP contribution >= 0.6 is 11.6 Å². The van der Waals surface area contributed by atoms with Crippen LogP contribution in [0.1, 0.15) is 33.0 Å². The lowest BCUT2D eigenvalue weighted by molar-refractivity contribution is 0.0940. The largest absolute Gasteiger partial charge is 0.345 e. The van der Waals surface area contributed by atoms with Gasteiger partial charge in [0.2, 0.25) is 5.82 Å². The van der Waals surface area contributed by atoms with Gasteiger partial charge >= 0.3 is 0 Å². The van der Waals surface area contributed by atoms with Gasteiger partial charge in [0.1, 0.15) is 5.65 Å². The lowest BCUT2D eigenvalue weighted by Gasteiger charge is -2.07. The molecular weight excluding hydrogens is 424 g/mol. The number of fused-ring (bicyclic) bond motifs is 2. The second-order valence-corrected chi connectivity index (χ2v) is 8.05. The van der Waals surface area contributed by atoms with Crippen molar-refractivity contribution in [3.05, 3.63) is 94.4 Å². The summed E-state index contributed by atoms with van der Waals surface area (Å²) in [5, 5.41) is 5.34. The van der Waals surface area contributed by atoms with Crippen molar-refractivity contribution in [1.82, 2.24) is 30.2 Å².